The van der Waals surface area contributed by atoms with Crippen molar-refractivity contribution in [1.29, 1.82) is 5.26 Å². The summed E-state index contributed by atoms with van der Waals surface area (Å²) in [5.41, 5.74) is 7.11. The minimum Gasteiger partial charge on any atom is -0.324 e. The van der Waals surface area contributed by atoms with Gasteiger partial charge in [0.05, 0.1) is 5.69 Å². The molecular weight excluding hydrogens is 219 g/mol. The van der Waals surface area contributed by atoms with E-state index in [0.717, 1.165) is 0 Å². The lowest BCUT2D eigenvalue weighted by Crippen LogP contribution is -2.11. The van der Waals surface area contributed by atoms with Crippen LogP contribution in [0.5, 0.6) is 0 Å². The summed E-state index contributed by atoms with van der Waals surface area (Å²) >= 11 is 0. The largest absolute Gasteiger partial charge is 0.324 e. The molecule has 0 bridgehead atoms. The Balaban J connectivity index is 2.64. The molecule has 2 rings (SSSR count). The second-order valence-electron chi connectivity index (χ2n) is 3.72. The van der Waals surface area contributed by atoms with Gasteiger partial charge < -0.3 is 5.73 Å². The summed E-state index contributed by atoms with van der Waals surface area (Å²) in [5, 5.41) is 8.91. The maximum atomic E-state index is 13.2. The third kappa shape index (κ3) is 2.03. The minimum absolute atomic E-state index is 0.249. The molecule has 0 aliphatic heterocycles. The van der Waals surface area contributed by atoms with Gasteiger partial charge in [0.25, 0.3) is 0 Å². The molecule has 5 heteroatoms. The van der Waals surface area contributed by atoms with E-state index < -0.39 is 0 Å². The maximum Gasteiger partial charge on any atom is 0.217 e. The average molecular weight is 230 g/mol. The molecule has 0 fully saturated rings. The summed E-state index contributed by atoms with van der Waals surface area (Å²) in [6, 6.07) is 5.95. The normalized spacial score (nSPS) is 12.1. The summed E-state index contributed by atoms with van der Waals surface area (Å²) in [5.74, 6) is -0.0989. The molecule has 0 spiro atoms. The second-order valence-corrected chi connectivity index (χ2v) is 3.72. The molecule has 2 N–H and O–H groups in total. The van der Waals surface area contributed by atoms with Gasteiger partial charge in [-0.2, -0.15) is 5.26 Å². The van der Waals surface area contributed by atoms with Crippen molar-refractivity contribution in [3.8, 4) is 11.8 Å². The van der Waals surface area contributed by atoms with Gasteiger partial charge in [-0.1, -0.05) is 0 Å². The van der Waals surface area contributed by atoms with E-state index in [1.165, 1.54) is 18.3 Å². The highest BCUT2D eigenvalue weighted by atomic mass is 19.1. The van der Waals surface area contributed by atoms with Crippen molar-refractivity contribution in [1.82, 2.24) is 9.55 Å². The van der Waals surface area contributed by atoms with Gasteiger partial charge >= 0.3 is 0 Å². The highest BCUT2D eigenvalue weighted by Gasteiger charge is 2.12. The van der Waals surface area contributed by atoms with Crippen LogP contribution in [0.2, 0.25) is 0 Å². The van der Waals surface area contributed by atoms with Gasteiger partial charge in [-0.15, -0.1) is 0 Å². The molecule has 2 aromatic rings. The number of hydrogen-bond donors (Lipinski definition) is 1. The summed E-state index contributed by atoms with van der Waals surface area (Å²) in [4.78, 5) is 3.90. The van der Waals surface area contributed by atoms with Gasteiger partial charge in [0, 0.05) is 18.4 Å². The number of nitrogens with zero attached hydrogens (tertiary/aromatic N) is 3. The molecule has 1 aromatic heterocycles. The lowest BCUT2D eigenvalue weighted by atomic mass is 10.1. The van der Waals surface area contributed by atoms with Crippen molar-refractivity contribution in [3.05, 3.63) is 47.8 Å². The molecule has 0 aliphatic carbocycles. The fourth-order valence-corrected chi connectivity index (χ4v) is 1.69. The second kappa shape index (κ2) is 4.36. The number of nitrogens with two attached hydrogens (primary N) is 1. The van der Waals surface area contributed by atoms with Crippen LogP contribution in [-0.4, -0.2) is 9.55 Å². The summed E-state index contributed by atoms with van der Waals surface area (Å²) in [6.45, 7) is 1.77. The van der Waals surface area contributed by atoms with E-state index in [0.29, 0.717) is 11.3 Å². The number of imidazole rings is 1. The average Bonchev–Trinajstić information content (AvgIpc) is 2.76. The monoisotopic (exact) mass is 230 g/mol. The third-order valence-electron chi connectivity index (χ3n) is 2.48. The number of rotatable bonds is 2. The van der Waals surface area contributed by atoms with Crippen LogP contribution in [0.3, 0.4) is 0 Å². The van der Waals surface area contributed by atoms with Gasteiger partial charge in [-0.25, -0.2) is 9.37 Å². The highest BCUT2D eigenvalue weighted by molar-refractivity contribution is 5.45. The van der Waals surface area contributed by atoms with E-state index in [-0.39, 0.29) is 17.7 Å². The van der Waals surface area contributed by atoms with E-state index >= 15 is 0 Å². The lowest BCUT2D eigenvalue weighted by molar-refractivity contribution is 0.621. The van der Waals surface area contributed by atoms with Crippen LogP contribution >= 0.6 is 0 Å². The summed E-state index contributed by atoms with van der Waals surface area (Å²) in [6.07, 6.45) is 3.17. The van der Waals surface area contributed by atoms with E-state index in [1.807, 2.05) is 6.07 Å². The van der Waals surface area contributed by atoms with Crippen molar-refractivity contribution in [3.63, 3.8) is 0 Å². The molecule has 1 heterocycles. The third-order valence-corrected chi connectivity index (χ3v) is 2.48. The molecule has 0 amide bonds. The van der Waals surface area contributed by atoms with Gasteiger partial charge in [0.15, 0.2) is 0 Å². The van der Waals surface area contributed by atoms with Gasteiger partial charge in [-0.3, -0.25) is 4.57 Å². The van der Waals surface area contributed by atoms with Crippen molar-refractivity contribution in [2.45, 2.75) is 13.0 Å². The zero-order valence-electron chi connectivity index (χ0n) is 9.26. The van der Waals surface area contributed by atoms with E-state index in [2.05, 4.69) is 4.98 Å². The first-order chi connectivity index (χ1) is 8.13. The Morgan fingerprint density at radius 2 is 2.29 bits per heavy atom. The number of benzene rings is 1. The van der Waals surface area contributed by atoms with Crippen LogP contribution < -0.4 is 5.73 Å². The molecule has 1 unspecified atom stereocenters. The topological polar surface area (TPSA) is 67.6 Å². The Kier molecular flexibility index (Phi) is 2.90. The quantitative estimate of drug-likeness (QED) is 0.856. The first-order valence-electron chi connectivity index (χ1n) is 5.12. The Bertz CT molecular complexity index is 580. The first-order valence-corrected chi connectivity index (χ1v) is 5.12. The summed E-state index contributed by atoms with van der Waals surface area (Å²) in [7, 11) is 0. The fourth-order valence-electron chi connectivity index (χ4n) is 1.69. The molecule has 1 atom stereocenters. The summed E-state index contributed by atoms with van der Waals surface area (Å²) < 4.78 is 14.8. The van der Waals surface area contributed by atoms with Crippen molar-refractivity contribution < 1.29 is 4.39 Å². The van der Waals surface area contributed by atoms with Gasteiger partial charge in [-0.05, 0) is 30.7 Å². The Labute approximate surface area is 98.1 Å². The van der Waals surface area contributed by atoms with Crippen LogP contribution in [0.15, 0.2) is 30.6 Å². The van der Waals surface area contributed by atoms with E-state index in [1.54, 1.807) is 23.8 Å². The van der Waals surface area contributed by atoms with Crippen LogP contribution in [0.25, 0.3) is 5.69 Å². The van der Waals surface area contributed by atoms with E-state index in [9.17, 15) is 4.39 Å². The van der Waals surface area contributed by atoms with Crippen molar-refractivity contribution >= 4 is 0 Å². The van der Waals surface area contributed by atoms with Crippen LogP contribution in [-0.2, 0) is 0 Å². The lowest BCUT2D eigenvalue weighted by Gasteiger charge is -2.13. The predicted molar refractivity (Wildman–Crippen MR) is 60.8 cm³/mol. The maximum absolute atomic E-state index is 13.2. The van der Waals surface area contributed by atoms with Crippen LogP contribution in [0.1, 0.15) is 24.4 Å². The molecule has 86 valence electrons. The smallest absolute Gasteiger partial charge is 0.217 e. The molecule has 1 aromatic carbocycles. The molecular formula is C12H11FN4. The minimum atomic E-state index is -0.348. The Morgan fingerprint density at radius 1 is 1.53 bits per heavy atom. The van der Waals surface area contributed by atoms with Crippen molar-refractivity contribution in [2.75, 3.05) is 0 Å². The fraction of sp³-hybridized carbons (Fsp3) is 0.167. The number of halogens is 1. The van der Waals surface area contributed by atoms with Gasteiger partial charge in [0.2, 0.25) is 5.82 Å². The van der Waals surface area contributed by atoms with E-state index in [4.69, 9.17) is 11.0 Å². The van der Waals surface area contributed by atoms with Crippen LogP contribution in [0.4, 0.5) is 4.39 Å². The highest BCUT2D eigenvalue weighted by Crippen LogP contribution is 2.22. The number of hydrogen-bond acceptors (Lipinski definition) is 3. The first kappa shape index (κ1) is 11.3. The number of nitriles is 1. The molecule has 0 aliphatic rings. The standard InChI is InChI=1S/C12H11FN4/c1-8(15)10-6-9(13)2-3-11(10)17-5-4-16-12(17)7-14/h2-6,8H,15H2,1H3. The molecule has 0 saturated carbocycles. The number of aromatic nitrogens is 2. The molecule has 0 radical (unpaired) electrons. The SMILES string of the molecule is CC(N)c1cc(F)ccc1-n1ccnc1C#N. The Hall–Kier alpha value is -2.19. The molecule has 4 nitrogen and oxygen atoms in total. The predicted octanol–water partition coefficient (Wildman–Crippen LogP) is 1.90. The zero-order chi connectivity index (χ0) is 12.4. The van der Waals surface area contributed by atoms with Crippen molar-refractivity contribution in [2.24, 2.45) is 5.73 Å². The van der Waals surface area contributed by atoms with Crippen LogP contribution in [0, 0.1) is 17.1 Å². The zero-order valence-corrected chi connectivity index (χ0v) is 9.26. The van der Waals surface area contributed by atoms with Gasteiger partial charge in [0.1, 0.15) is 11.9 Å². The molecule has 17 heavy (non-hydrogen) atoms. The molecule has 0 saturated heterocycles. The Morgan fingerprint density at radius 3 is 2.94 bits per heavy atom.